The van der Waals surface area contributed by atoms with Crippen LogP contribution in [0.2, 0.25) is 0 Å². The van der Waals surface area contributed by atoms with Gasteiger partial charge in [-0.25, -0.2) is 0 Å². The minimum Gasteiger partial charge on any atom is -0.338 e. The maximum absolute atomic E-state index is 12.4. The normalized spacial score (nSPS) is 17.5. The highest BCUT2D eigenvalue weighted by Gasteiger charge is 2.23. The van der Waals surface area contributed by atoms with Gasteiger partial charge >= 0.3 is 0 Å². The molecule has 154 valence electrons. The summed E-state index contributed by atoms with van der Waals surface area (Å²) in [5.74, 6) is 0.231. The number of benzene rings is 2. The SMILES string of the molecule is CN1C(=CC(=O)CCCCC(=O)C=C2Sc3ccccc3N2C)Sc2ccccc21. The molecule has 0 unspecified atom stereocenters. The predicted octanol–water partition coefficient (Wildman–Crippen LogP) is 5.85. The molecular formula is C24H24N2O2S2. The third-order valence-electron chi connectivity index (χ3n) is 5.21. The number of hydrogen-bond donors (Lipinski definition) is 0. The van der Waals surface area contributed by atoms with Crippen LogP contribution in [0.1, 0.15) is 25.7 Å². The van der Waals surface area contributed by atoms with E-state index in [9.17, 15) is 9.59 Å². The van der Waals surface area contributed by atoms with Crippen molar-refractivity contribution in [3.63, 3.8) is 0 Å². The Kier molecular flexibility index (Phi) is 6.35. The topological polar surface area (TPSA) is 40.6 Å². The van der Waals surface area contributed by atoms with E-state index in [0.717, 1.165) is 34.3 Å². The summed E-state index contributed by atoms with van der Waals surface area (Å²) in [6.45, 7) is 0. The van der Waals surface area contributed by atoms with Crippen LogP contribution in [-0.2, 0) is 9.59 Å². The molecular weight excluding hydrogens is 412 g/mol. The zero-order chi connectivity index (χ0) is 21.1. The third-order valence-corrected chi connectivity index (χ3v) is 7.54. The summed E-state index contributed by atoms with van der Waals surface area (Å²) < 4.78 is 0. The van der Waals surface area contributed by atoms with Gasteiger partial charge < -0.3 is 9.80 Å². The molecule has 2 heterocycles. The number of unbranched alkanes of at least 4 members (excludes halogenated alkanes) is 1. The van der Waals surface area contributed by atoms with Gasteiger partial charge in [-0.1, -0.05) is 47.8 Å². The number of para-hydroxylation sites is 2. The molecule has 30 heavy (non-hydrogen) atoms. The Morgan fingerprint density at radius 2 is 1.13 bits per heavy atom. The summed E-state index contributed by atoms with van der Waals surface area (Å²) in [7, 11) is 3.97. The second-order valence-corrected chi connectivity index (χ2v) is 9.49. The second-order valence-electron chi connectivity index (χ2n) is 7.36. The maximum atomic E-state index is 12.4. The zero-order valence-electron chi connectivity index (χ0n) is 17.1. The van der Waals surface area contributed by atoms with Gasteiger partial charge in [0.15, 0.2) is 11.6 Å². The lowest BCUT2D eigenvalue weighted by molar-refractivity contribution is -0.116. The monoisotopic (exact) mass is 436 g/mol. The minimum absolute atomic E-state index is 0.115. The molecule has 0 radical (unpaired) electrons. The van der Waals surface area contributed by atoms with Crippen molar-refractivity contribution < 1.29 is 9.59 Å². The van der Waals surface area contributed by atoms with Crippen LogP contribution in [0.25, 0.3) is 0 Å². The van der Waals surface area contributed by atoms with Crippen molar-refractivity contribution >= 4 is 46.5 Å². The summed E-state index contributed by atoms with van der Waals surface area (Å²) in [4.78, 5) is 31.2. The Labute approximate surface area is 186 Å². The van der Waals surface area contributed by atoms with E-state index in [4.69, 9.17) is 0 Å². The lowest BCUT2D eigenvalue weighted by Gasteiger charge is -2.13. The minimum atomic E-state index is 0.115. The first kappa shape index (κ1) is 20.8. The molecule has 0 saturated heterocycles. The summed E-state index contributed by atoms with van der Waals surface area (Å²) in [6, 6.07) is 16.3. The number of allylic oxidation sites excluding steroid dienone is 2. The number of nitrogens with zero attached hydrogens (tertiary/aromatic N) is 2. The van der Waals surface area contributed by atoms with E-state index >= 15 is 0 Å². The maximum Gasteiger partial charge on any atom is 0.158 e. The average molecular weight is 437 g/mol. The Morgan fingerprint density at radius 1 is 0.733 bits per heavy atom. The molecule has 0 spiro atoms. The Bertz CT molecular complexity index is 962. The number of hydrogen-bond acceptors (Lipinski definition) is 6. The van der Waals surface area contributed by atoms with Gasteiger partial charge in [-0.05, 0) is 37.1 Å². The van der Waals surface area contributed by atoms with E-state index in [-0.39, 0.29) is 11.6 Å². The molecule has 4 nitrogen and oxygen atoms in total. The van der Waals surface area contributed by atoms with Crippen LogP contribution >= 0.6 is 23.5 Å². The second kappa shape index (κ2) is 9.14. The highest BCUT2D eigenvalue weighted by molar-refractivity contribution is 8.04. The van der Waals surface area contributed by atoms with Crippen LogP contribution in [0.15, 0.2) is 80.5 Å². The Balaban J connectivity index is 1.23. The Morgan fingerprint density at radius 3 is 1.53 bits per heavy atom. The summed E-state index contributed by atoms with van der Waals surface area (Å²) in [5.41, 5.74) is 2.27. The number of carbonyl (C=O) groups excluding carboxylic acids is 2. The number of thioether (sulfide) groups is 2. The zero-order valence-corrected chi connectivity index (χ0v) is 18.8. The van der Waals surface area contributed by atoms with Crippen molar-refractivity contribution in [3.8, 4) is 0 Å². The highest BCUT2D eigenvalue weighted by atomic mass is 32.2. The molecule has 2 aliphatic heterocycles. The molecule has 2 aromatic carbocycles. The molecule has 0 aromatic heterocycles. The van der Waals surface area contributed by atoms with Crippen molar-refractivity contribution in [2.24, 2.45) is 0 Å². The van der Waals surface area contributed by atoms with Crippen LogP contribution in [-0.4, -0.2) is 25.7 Å². The van der Waals surface area contributed by atoms with Crippen molar-refractivity contribution in [2.45, 2.75) is 35.5 Å². The van der Waals surface area contributed by atoms with E-state index in [1.165, 1.54) is 9.79 Å². The largest absolute Gasteiger partial charge is 0.338 e. The molecule has 0 fully saturated rings. The molecule has 6 heteroatoms. The van der Waals surface area contributed by atoms with Crippen LogP contribution in [0.3, 0.4) is 0 Å². The van der Waals surface area contributed by atoms with E-state index < -0.39 is 0 Å². The van der Waals surface area contributed by atoms with Gasteiger partial charge in [-0.15, -0.1) is 0 Å². The average Bonchev–Trinajstić information content (AvgIpc) is 3.23. The van der Waals surface area contributed by atoms with Gasteiger partial charge in [0.1, 0.15) is 0 Å². The van der Waals surface area contributed by atoms with Crippen molar-refractivity contribution in [2.75, 3.05) is 23.9 Å². The molecule has 4 rings (SSSR count). The van der Waals surface area contributed by atoms with Crippen LogP contribution in [0.5, 0.6) is 0 Å². The van der Waals surface area contributed by atoms with Crippen molar-refractivity contribution in [1.29, 1.82) is 0 Å². The Hall–Kier alpha value is -2.44. The highest BCUT2D eigenvalue weighted by Crippen LogP contribution is 2.45. The number of carbonyl (C=O) groups is 2. The lowest BCUT2D eigenvalue weighted by atomic mass is 10.1. The number of fused-ring (bicyclic) bond motifs is 2. The van der Waals surface area contributed by atoms with Crippen molar-refractivity contribution in [3.05, 3.63) is 70.7 Å². The number of anilines is 2. The molecule has 0 bridgehead atoms. The molecule has 0 atom stereocenters. The molecule has 2 aromatic rings. The lowest BCUT2D eigenvalue weighted by Crippen LogP contribution is -2.11. The van der Waals surface area contributed by atoms with Gasteiger partial charge in [-0.2, -0.15) is 0 Å². The standard InChI is InChI=1S/C24H24N2O2S2/c1-25-19-11-5-7-13-21(19)29-23(25)15-17(27)9-3-4-10-18(28)16-24-26(2)20-12-6-8-14-22(20)30-24/h5-8,11-16H,3-4,9-10H2,1-2H3. The molecule has 0 saturated carbocycles. The fourth-order valence-electron chi connectivity index (χ4n) is 3.51. The van der Waals surface area contributed by atoms with E-state index in [1.807, 2.05) is 38.4 Å². The summed E-state index contributed by atoms with van der Waals surface area (Å²) in [6.07, 6.45) is 5.85. The van der Waals surface area contributed by atoms with Crippen LogP contribution in [0.4, 0.5) is 11.4 Å². The summed E-state index contributed by atoms with van der Waals surface area (Å²) >= 11 is 3.25. The number of rotatable bonds is 7. The first-order chi connectivity index (χ1) is 14.5. The number of ketones is 2. The van der Waals surface area contributed by atoms with Gasteiger partial charge in [0.2, 0.25) is 0 Å². The van der Waals surface area contributed by atoms with Gasteiger partial charge in [0.25, 0.3) is 0 Å². The van der Waals surface area contributed by atoms with E-state index in [2.05, 4.69) is 34.1 Å². The van der Waals surface area contributed by atoms with Crippen LogP contribution < -0.4 is 9.80 Å². The first-order valence-electron chi connectivity index (χ1n) is 10.0. The van der Waals surface area contributed by atoms with E-state index in [1.54, 1.807) is 35.7 Å². The van der Waals surface area contributed by atoms with Crippen LogP contribution in [0, 0.1) is 0 Å². The molecule has 0 N–H and O–H groups in total. The third kappa shape index (κ3) is 4.50. The molecule has 2 aliphatic rings. The fraction of sp³-hybridized carbons (Fsp3) is 0.250. The van der Waals surface area contributed by atoms with E-state index in [0.29, 0.717) is 12.8 Å². The summed E-state index contributed by atoms with van der Waals surface area (Å²) in [5, 5.41) is 1.92. The molecule has 0 amide bonds. The predicted molar refractivity (Wildman–Crippen MR) is 126 cm³/mol. The first-order valence-corrected chi connectivity index (χ1v) is 11.7. The van der Waals surface area contributed by atoms with Crippen molar-refractivity contribution in [1.82, 2.24) is 0 Å². The molecule has 0 aliphatic carbocycles. The smallest absolute Gasteiger partial charge is 0.158 e. The van der Waals surface area contributed by atoms with Gasteiger partial charge in [0.05, 0.1) is 21.4 Å². The van der Waals surface area contributed by atoms with Gasteiger partial charge in [-0.3, -0.25) is 9.59 Å². The van der Waals surface area contributed by atoms with Gasteiger partial charge in [0, 0.05) is 48.9 Å². The fourth-order valence-corrected chi connectivity index (χ4v) is 5.73. The quantitative estimate of drug-likeness (QED) is 0.400.